The van der Waals surface area contributed by atoms with Crippen molar-refractivity contribution in [3.05, 3.63) is 30.2 Å². The maximum Gasteiger partial charge on any atom is 0.273 e. The van der Waals surface area contributed by atoms with Gasteiger partial charge in [-0.3, -0.25) is 9.48 Å². The Labute approximate surface area is 156 Å². The van der Waals surface area contributed by atoms with Gasteiger partial charge in [0.25, 0.3) is 5.91 Å². The summed E-state index contributed by atoms with van der Waals surface area (Å²) in [4.78, 5) is 15.1. The van der Waals surface area contributed by atoms with E-state index in [1.54, 1.807) is 24.0 Å². The van der Waals surface area contributed by atoms with Crippen LogP contribution in [0.3, 0.4) is 0 Å². The number of sulfonamides is 1. The van der Waals surface area contributed by atoms with Gasteiger partial charge in [-0.25, -0.2) is 8.42 Å². The van der Waals surface area contributed by atoms with Gasteiger partial charge in [0.2, 0.25) is 10.0 Å². The summed E-state index contributed by atoms with van der Waals surface area (Å²) in [5.41, 5.74) is 0.145. The first-order chi connectivity index (χ1) is 12.8. The third kappa shape index (κ3) is 2.47. The topological polar surface area (TPSA) is 120 Å². The maximum absolute atomic E-state index is 13.1. The SMILES string of the molecule is Cn1ccc(NC(=O)c2cc(S(=O)(=O)N3CC4CC5CC4C3C5O)c[nH]2)n1. The van der Waals surface area contributed by atoms with Gasteiger partial charge in [0.05, 0.1) is 12.1 Å². The van der Waals surface area contributed by atoms with Crippen LogP contribution >= 0.6 is 0 Å². The molecule has 2 aromatic heterocycles. The lowest BCUT2D eigenvalue weighted by molar-refractivity contribution is 0.0731. The highest BCUT2D eigenvalue weighted by molar-refractivity contribution is 7.89. The van der Waals surface area contributed by atoms with E-state index in [0.29, 0.717) is 18.3 Å². The molecule has 5 rings (SSSR count). The molecule has 5 atom stereocenters. The number of aromatic nitrogens is 3. The average Bonchev–Trinajstić information content (AvgIpc) is 3.37. The lowest BCUT2D eigenvalue weighted by atomic mass is 9.88. The lowest BCUT2D eigenvalue weighted by Crippen LogP contribution is -2.43. The van der Waals surface area contributed by atoms with Crippen LogP contribution in [0, 0.1) is 17.8 Å². The predicted molar refractivity (Wildman–Crippen MR) is 95.3 cm³/mol. The summed E-state index contributed by atoms with van der Waals surface area (Å²) in [7, 11) is -2.03. The van der Waals surface area contributed by atoms with Gasteiger partial charge in [-0.1, -0.05) is 0 Å². The molecule has 9 nitrogen and oxygen atoms in total. The molecule has 3 heterocycles. The van der Waals surface area contributed by atoms with Crippen molar-refractivity contribution in [3.63, 3.8) is 0 Å². The van der Waals surface area contributed by atoms with Crippen molar-refractivity contribution in [2.24, 2.45) is 24.8 Å². The Morgan fingerprint density at radius 1 is 1.37 bits per heavy atom. The first-order valence-electron chi connectivity index (χ1n) is 9.04. The molecule has 10 heteroatoms. The molecule has 0 radical (unpaired) electrons. The predicted octanol–water partition coefficient (Wildman–Crippen LogP) is 0.390. The molecular formula is C17H21N5O4S. The fraction of sp³-hybridized carbons (Fsp3) is 0.529. The number of nitrogens with one attached hydrogen (secondary N) is 2. The van der Waals surface area contributed by atoms with Gasteiger partial charge in [0, 0.05) is 32.1 Å². The Balaban J connectivity index is 1.38. The van der Waals surface area contributed by atoms with Gasteiger partial charge in [-0.2, -0.15) is 9.40 Å². The van der Waals surface area contributed by atoms with Crippen molar-refractivity contribution in [1.29, 1.82) is 0 Å². The molecule has 27 heavy (non-hydrogen) atoms. The van der Waals surface area contributed by atoms with Gasteiger partial charge in [0.15, 0.2) is 5.82 Å². The zero-order valence-electron chi connectivity index (χ0n) is 14.7. The number of aliphatic hydroxyl groups excluding tert-OH is 1. The minimum atomic E-state index is -3.77. The molecule has 2 aromatic rings. The number of aromatic amines is 1. The van der Waals surface area contributed by atoms with Gasteiger partial charge in [-0.15, -0.1) is 0 Å². The second-order valence-electron chi connectivity index (χ2n) is 7.79. The number of rotatable bonds is 4. The summed E-state index contributed by atoms with van der Waals surface area (Å²) in [6.45, 7) is 0.450. The molecule has 3 N–H and O–H groups in total. The van der Waals surface area contributed by atoms with Gasteiger partial charge >= 0.3 is 0 Å². The van der Waals surface area contributed by atoms with Crippen molar-refractivity contribution < 1.29 is 18.3 Å². The van der Waals surface area contributed by atoms with E-state index in [9.17, 15) is 18.3 Å². The van der Waals surface area contributed by atoms with Crippen LogP contribution in [0.4, 0.5) is 5.82 Å². The standard InChI is InChI=1S/C17H21N5O4S/c1-21-3-2-14(20-21)19-17(24)13-6-11(7-18-13)27(25,26)22-8-10-4-9-5-12(10)15(22)16(9)23/h2-3,6-7,9-10,12,15-16,18,23H,4-5,8H2,1H3,(H,19,20,24). The van der Waals surface area contributed by atoms with Gasteiger partial charge in [-0.05, 0) is 36.7 Å². The highest BCUT2D eigenvalue weighted by Crippen LogP contribution is 2.56. The average molecular weight is 391 g/mol. The monoisotopic (exact) mass is 391 g/mol. The molecule has 1 aliphatic heterocycles. The van der Waals surface area contributed by atoms with E-state index >= 15 is 0 Å². The lowest BCUT2D eigenvalue weighted by Gasteiger charge is -2.28. The van der Waals surface area contributed by atoms with Crippen molar-refractivity contribution in [1.82, 2.24) is 19.1 Å². The highest BCUT2D eigenvalue weighted by atomic mass is 32.2. The number of hydrogen-bond donors (Lipinski definition) is 3. The number of aliphatic hydroxyl groups is 1. The number of amides is 1. The molecule has 2 aliphatic carbocycles. The molecule has 1 amide bonds. The molecule has 2 bridgehead atoms. The highest BCUT2D eigenvalue weighted by Gasteiger charge is 2.61. The second-order valence-corrected chi connectivity index (χ2v) is 9.68. The minimum absolute atomic E-state index is 0.0469. The van der Waals surface area contributed by atoms with Crippen LogP contribution < -0.4 is 5.32 Å². The summed E-state index contributed by atoms with van der Waals surface area (Å²) >= 11 is 0. The summed E-state index contributed by atoms with van der Waals surface area (Å²) in [6, 6.07) is 2.66. The third-order valence-electron chi connectivity index (χ3n) is 6.27. The molecular weight excluding hydrogens is 370 g/mol. The molecule has 0 aromatic carbocycles. The van der Waals surface area contributed by atoms with E-state index in [4.69, 9.17) is 0 Å². The smallest absolute Gasteiger partial charge is 0.273 e. The van der Waals surface area contributed by atoms with Gasteiger partial charge in [0.1, 0.15) is 10.6 Å². The van der Waals surface area contributed by atoms with E-state index in [0.717, 1.165) is 12.8 Å². The molecule has 2 saturated carbocycles. The van der Waals surface area contributed by atoms with E-state index in [1.807, 2.05) is 0 Å². The Morgan fingerprint density at radius 2 is 2.19 bits per heavy atom. The van der Waals surface area contributed by atoms with E-state index in [2.05, 4.69) is 15.4 Å². The first-order valence-corrected chi connectivity index (χ1v) is 10.5. The van der Waals surface area contributed by atoms with Crippen LogP contribution in [0.2, 0.25) is 0 Å². The largest absolute Gasteiger partial charge is 0.391 e. The molecule has 1 saturated heterocycles. The zero-order valence-corrected chi connectivity index (χ0v) is 15.6. The van der Waals surface area contributed by atoms with E-state index in [-0.39, 0.29) is 28.5 Å². The number of carbonyl (C=O) groups is 1. The maximum atomic E-state index is 13.1. The zero-order chi connectivity index (χ0) is 18.9. The fourth-order valence-electron chi connectivity index (χ4n) is 5.09. The Morgan fingerprint density at radius 3 is 2.89 bits per heavy atom. The van der Waals surface area contributed by atoms with Crippen LogP contribution in [-0.2, 0) is 17.1 Å². The van der Waals surface area contributed by atoms with Crippen LogP contribution in [0.1, 0.15) is 23.3 Å². The fourth-order valence-corrected chi connectivity index (χ4v) is 6.83. The van der Waals surface area contributed by atoms with Crippen LogP contribution in [0.15, 0.2) is 29.4 Å². The summed E-state index contributed by atoms with van der Waals surface area (Å²) < 4.78 is 29.3. The minimum Gasteiger partial charge on any atom is -0.391 e. The number of fused-ring (bicyclic) bond motifs is 1. The summed E-state index contributed by atoms with van der Waals surface area (Å²) in [6.07, 6.45) is 4.26. The number of carbonyl (C=O) groups excluding carboxylic acids is 1. The van der Waals surface area contributed by atoms with Crippen molar-refractivity contribution in [2.45, 2.75) is 29.9 Å². The number of H-pyrrole nitrogens is 1. The molecule has 144 valence electrons. The molecule has 3 aliphatic rings. The van der Waals surface area contributed by atoms with Crippen molar-refractivity contribution >= 4 is 21.7 Å². The number of aryl methyl sites for hydroxylation is 1. The van der Waals surface area contributed by atoms with Crippen LogP contribution in [0.5, 0.6) is 0 Å². The number of anilines is 1. The quantitative estimate of drug-likeness (QED) is 0.696. The number of hydrogen-bond acceptors (Lipinski definition) is 5. The van der Waals surface area contributed by atoms with E-state index in [1.165, 1.54) is 16.6 Å². The molecule has 5 unspecified atom stereocenters. The summed E-state index contributed by atoms with van der Waals surface area (Å²) in [5.74, 6) is 0.737. The normalized spacial score (nSPS) is 32.3. The Kier molecular flexibility index (Phi) is 3.56. The Bertz CT molecular complexity index is 1010. The molecule has 3 fully saturated rings. The van der Waals surface area contributed by atoms with Crippen LogP contribution in [-0.4, -0.2) is 57.2 Å². The van der Waals surface area contributed by atoms with Gasteiger partial charge < -0.3 is 15.4 Å². The Hall–Kier alpha value is -2.17. The van der Waals surface area contributed by atoms with Crippen molar-refractivity contribution in [3.8, 4) is 0 Å². The van der Waals surface area contributed by atoms with E-state index < -0.39 is 22.0 Å². The number of nitrogens with zero attached hydrogens (tertiary/aromatic N) is 3. The summed E-state index contributed by atoms with van der Waals surface area (Å²) in [5, 5.41) is 17.1. The second kappa shape index (κ2) is 5.66. The first kappa shape index (κ1) is 17.0. The van der Waals surface area contributed by atoms with Crippen LogP contribution in [0.25, 0.3) is 0 Å². The molecule has 0 spiro atoms. The van der Waals surface area contributed by atoms with Crippen molar-refractivity contribution in [2.75, 3.05) is 11.9 Å². The third-order valence-corrected chi connectivity index (χ3v) is 8.11.